The van der Waals surface area contributed by atoms with Gasteiger partial charge in [-0.3, -0.25) is 4.79 Å². The number of rotatable bonds is 7. The molecule has 1 aromatic carbocycles. The van der Waals surface area contributed by atoms with Gasteiger partial charge in [0.05, 0.1) is 12.7 Å². The number of carbonyl (C=O) groups excluding carboxylic acids is 1. The standard InChI is InChI=1S/C16H22BrNO3/c1-12-5-6-13(17)10-15(12)16(19)18-7-3-8-20-11-14-4-2-9-21-14/h5-6,10,14H,2-4,7-9,11H2,1H3,(H,18,19). The minimum atomic E-state index is -0.0343. The zero-order chi connectivity index (χ0) is 15.1. The molecule has 0 aliphatic carbocycles. The van der Waals surface area contributed by atoms with E-state index in [0.717, 1.165) is 35.9 Å². The fourth-order valence-electron chi connectivity index (χ4n) is 2.30. The van der Waals surface area contributed by atoms with Crippen LogP contribution in [0, 0.1) is 6.92 Å². The first-order valence-corrected chi connectivity index (χ1v) is 8.20. The fourth-order valence-corrected chi connectivity index (χ4v) is 2.66. The summed E-state index contributed by atoms with van der Waals surface area (Å²) in [4.78, 5) is 12.1. The van der Waals surface area contributed by atoms with E-state index < -0.39 is 0 Å². The Hall–Kier alpha value is -0.910. The molecule has 4 nitrogen and oxygen atoms in total. The second-order valence-corrected chi connectivity index (χ2v) is 6.19. The van der Waals surface area contributed by atoms with Gasteiger partial charge in [0, 0.05) is 29.8 Å². The van der Waals surface area contributed by atoms with E-state index in [9.17, 15) is 4.79 Å². The predicted octanol–water partition coefficient (Wildman–Crippen LogP) is 3.07. The van der Waals surface area contributed by atoms with Crippen LogP contribution in [0.4, 0.5) is 0 Å². The molecule has 1 atom stereocenters. The van der Waals surface area contributed by atoms with Crippen molar-refractivity contribution < 1.29 is 14.3 Å². The highest BCUT2D eigenvalue weighted by molar-refractivity contribution is 9.10. The Morgan fingerprint density at radius 3 is 3.14 bits per heavy atom. The summed E-state index contributed by atoms with van der Waals surface area (Å²) >= 11 is 3.39. The highest BCUT2D eigenvalue weighted by Gasteiger charge is 2.15. The molecule has 1 aromatic rings. The van der Waals surface area contributed by atoms with E-state index in [1.54, 1.807) is 0 Å². The number of ether oxygens (including phenoxy) is 2. The highest BCUT2D eigenvalue weighted by atomic mass is 79.9. The molecule has 1 amide bonds. The summed E-state index contributed by atoms with van der Waals surface area (Å²) in [6, 6.07) is 5.72. The normalized spacial score (nSPS) is 17.9. The summed E-state index contributed by atoms with van der Waals surface area (Å²) < 4.78 is 12.0. The number of halogens is 1. The Morgan fingerprint density at radius 1 is 1.52 bits per heavy atom. The Bertz CT molecular complexity index is 473. The molecule has 0 spiro atoms. The van der Waals surface area contributed by atoms with Gasteiger partial charge in [-0.05, 0) is 43.9 Å². The zero-order valence-corrected chi connectivity index (χ0v) is 13.9. The second-order valence-electron chi connectivity index (χ2n) is 5.28. The summed E-state index contributed by atoms with van der Waals surface area (Å²) in [6.07, 6.45) is 3.31. The van der Waals surface area contributed by atoms with E-state index >= 15 is 0 Å². The van der Waals surface area contributed by atoms with Crippen LogP contribution in [0.2, 0.25) is 0 Å². The number of amides is 1. The van der Waals surface area contributed by atoms with E-state index in [0.29, 0.717) is 25.3 Å². The van der Waals surface area contributed by atoms with Crippen LogP contribution in [0.25, 0.3) is 0 Å². The number of hydrogen-bond acceptors (Lipinski definition) is 3. The first kappa shape index (κ1) is 16.5. The largest absolute Gasteiger partial charge is 0.379 e. The number of carbonyl (C=O) groups is 1. The second kappa shape index (κ2) is 8.51. The summed E-state index contributed by atoms with van der Waals surface area (Å²) in [5.41, 5.74) is 1.69. The maximum atomic E-state index is 12.1. The smallest absolute Gasteiger partial charge is 0.251 e. The van der Waals surface area contributed by atoms with Crippen LogP contribution in [-0.4, -0.2) is 38.4 Å². The van der Waals surface area contributed by atoms with Crippen molar-refractivity contribution in [3.8, 4) is 0 Å². The van der Waals surface area contributed by atoms with Crippen LogP contribution in [-0.2, 0) is 9.47 Å². The molecule has 21 heavy (non-hydrogen) atoms. The Labute approximate surface area is 134 Å². The molecule has 1 N–H and O–H groups in total. The van der Waals surface area contributed by atoms with Crippen molar-refractivity contribution in [3.05, 3.63) is 33.8 Å². The van der Waals surface area contributed by atoms with Gasteiger partial charge in [0.1, 0.15) is 0 Å². The number of aryl methyl sites for hydroxylation is 1. The van der Waals surface area contributed by atoms with Gasteiger partial charge < -0.3 is 14.8 Å². The van der Waals surface area contributed by atoms with Gasteiger partial charge in [0.15, 0.2) is 0 Å². The summed E-state index contributed by atoms with van der Waals surface area (Å²) in [5.74, 6) is -0.0343. The molecule has 1 aliphatic rings. The molecule has 116 valence electrons. The van der Waals surface area contributed by atoms with Crippen molar-refractivity contribution in [1.29, 1.82) is 0 Å². The van der Waals surface area contributed by atoms with Gasteiger partial charge in [-0.2, -0.15) is 0 Å². The van der Waals surface area contributed by atoms with E-state index in [4.69, 9.17) is 9.47 Å². The van der Waals surface area contributed by atoms with Gasteiger partial charge in [0.25, 0.3) is 5.91 Å². The summed E-state index contributed by atoms with van der Waals surface area (Å²) in [5, 5.41) is 2.92. The number of nitrogens with one attached hydrogen (secondary N) is 1. The van der Waals surface area contributed by atoms with Gasteiger partial charge in [-0.15, -0.1) is 0 Å². The predicted molar refractivity (Wildman–Crippen MR) is 85.6 cm³/mol. The molecular formula is C16H22BrNO3. The molecule has 5 heteroatoms. The molecule has 0 saturated carbocycles. The van der Waals surface area contributed by atoms with Crippen LogP contribution in [0.15, 0.2) is 22.7 Å². The first-order chi connectivity index (χ1) is 10.2. The van der Waals surface area contributed by atoms with E-state index in [2.05, 4.69) is 21.2 Å². The third-order valence-electron chi connectivity index (χ3n) is 3.52. The molecule has 1 aliphatic heterocycles. The lowest BCUT2D eigenvalue weighted by Gasteiger charge is -2.11. The summed E-state index contributed by atoms with van der Waals surface area (Å²) in [7, 11) is 0. The number of hydrogen-bond donors (Lipinski definition) is 1. The molecule has 0 bridgehead atoms. The van der Waals surface area contributed by atoms with Crippen molar-refractivity contribution in [3.63, 3.8) is 0 Å². The van der Waals surface area contributed by atoms with E-state index in [1.807, 2.05) is 25.1 Å². The van der Waals surface area contributed by atoms with Crippen LogP contribution < -0.4 is 5.32 Å². The molecule has 1 heterocycles. The molecular weight excluding hydrogens is 334 g/mol. The summed E-state index contributed by atoms with van der Waals surface area (Å²) in [6.45, 7) is 4.73. The lowest BCUT2D eigenvalue weighted by molar-refractivity contribution is 0.0166. The Morgan fingerprint density at radius 2 is 2.38 bits per heavy atom. The van der Waals surface area contributed by atoms with Crippen molar-refractivity contribution in [2.45, 2.75) is 32.3 Å². The SMILES string of the molecule is Cc1ccc(Br)cc1C(=O)NCCCOCC1CCCO1. The minimum absolute atomic E-state index is 0.0343. The quantitative estimate of drug-likeness (QED) is 0.764. The van der Waals surface area contributed by atoms with Crippen molar-refractivity contribution in [1.82, 2.24) is 5.32 Å². The fraction of sp³-hybridized carbons (Fsp3) is 0.562. The molecule has 2 rings (SSSR count). The maximum Gasteiger partial charge on any atom is 0.251 e. The van der Waals surface area contributed by atoms with Crippen molar-refractivity contribution in [2.24, 2.45) is 0 Å². The van der Waals surface area contributed by atoms with Crippen LogP contribution in [0.5, 0.6) is 0 Å². The highest BCUT2D eigenvalue weighted by Crippen LogP contribution is 2.16. The Balaban J connectivity index is 1.61. The first-order valence-electron chi connectivity index (χ1n) is 7.40. The van der Waals surface area contributed by atoms with Gasteiger partial charge in [0.2, 0.25) is 0 Å². The lowest BCUT2D eigenvalue weighted by Crippen LogP contribution is -2.26. The maximum absolute atomic E-state index is 12.1. The Kier molecular flexibility index (Phi) is 6.67. The third kappa shape index (κ3) is 5.41. The van der Waals surface area contributed by atoms with Gasteiger partial charge in [-0.25, -0.2) is 0 Å². The molecule has 1 unspecified atom stereocenters. The minimum Gasteiger partial charge on any atom is -0.379 e. The van der Waals surface area contributed by atoms with Crippen LogP contribution in [0.3, 0.4) is 0 Å². The van der Waals surface area contributed by atoms with E-state index in [1.165, 1.54) is 0 Å². The van der Waals surface area contributed by atoms with Crippen LogP contribution in [0.1, 0.15) is 35.2 Å². The topological polar surface area (TPSA) is 47.6 Å². The third-order valence-corrected chi connectivity index (χ3v) is 4.02. The van der Waals surface area contributed by atoms with Gasteiger partial charge >= 0.3 is 0 Å². The molecule has 0 radical (unpaired) electrons. The monoisotopic (exact) mass is 355 g/mol. The average molecular weight is 356 g/mol. The van der Waals surface area contributed by atoms with E-state index in [-0.39, 0.29) is 12.0 Å². The van der Waals surface area contributed by atoms with Gasteiger partial charge in [-0.1, -0.05) is 22.0 Å². The lowest BCUT2D eigenvalue weighted by atomic mass is 10.1. The van der Waals surface area contributed by atoms with Crippen molar-refractivity contribution in [2.75, 3.05) is 26.4 Å². The zero-order valence-electron chi connectivity index (χ0n) is 12.4. The molecule has 0 aromatic heterocycles. The van der Waals surface area contributed by atoms with Crippen molar-refractivity contribution >= 4 is 21.8 Å². The molecule has 1 saturated heterocycles. The number of benzene rings is 1. The average Bonchev–Trinajstić information content (AvgIpc) is 2.98. The molecule has 1 fully saturated rings. The van der Waals surface area contributed by atoms with Crippen LogP contribution >= 0.6 is 15.9 Å².